The molecule has 1 rings (SSSR count). The van der Waals surface area contributed by atoms with Crippen LogP contribution in [0.25, 0.3) is 0 Å². The molecular weight excluding hydrogens is 236 g/mol. The van der Waals surface area contributed by atoms with Gasteiger partial charge in [0.15, 0.2) is 0 Å². The Balaban J connectivity index is 2.28. The summed E-state index contributed by atoms with van der Waals surface area (Å²) in [7, 11) is 1.83. The number of rotatable bonds is 7. The Hall–Kier alpha value is -1.35. The number of nitrogens with one attached hydrogen (secondary N) is 1. The molecule has 0 radical (unpaired) electrons. The quantitative estimate of drug-likeness (QED) is 0.818. The van der Waals surface area contributed by atoms with E-state index in [0.29, 0.717) is 12.6 Å². The third-order valence-electron chi connectivity index (χ3n) is 3.45. The first kappa shape index (κ1) is 15.7. The Labute approximate surface area is 117 Å². The number of aryl methyl sites for hydroxylation is 2. The van der Waals surface area contributed by atoms with Crippen LogP contribution < -0.4 is 5.32 Å². The van der Waals surface area contributed by atoms with Crippen molar-refractivity contribution in [2.24, 2.45) is 0 Å². The summed E-state index contributed by atoms with van der Waals surface area (Å²) in [5, 5.41) is 3.29. The van der Waals surface area contributed by atoms with Gasteiger partial charge in [-0.15, -0.1) is 0 Å². The van der Waals surface area contributed by atoms with E-state index in [2.05, 4.69) is 43.4 Å². The van der Waals surface area contributed by atoms with Crippen molar-refractivity contribution in [2.75, 3.05) is 20.1 Å². The molecular formula is C16H26N2O. The molecule has 3 heteroatoms. The lowest BCUT2D eigenvalue weighted by molar-refractivity contribution is -0.128. The van der Waals surface area contributed by atoms with Crippen LogP contribution in [-0.4, -0.2) is 37.0 Å². The molecule has 106 valence electrons. The molecule has 1 aromatic carbocycles. The third-order valence-corrected chi connectivity index (χ3v) is 3.45. The smallest absolute Gasteiger partial charge is 0.236 e. The number of carbonyl (C=O) groups is 1. The third kappa shape index (κ3) is 5.88. The summed E-state index contributed by atoms with van der Waals surface area (Å²) in [6.07, 6.45) is 2.10. The van der Waals surface area contributed by atoms with Crippen molar-refractivity contribution in [3.8, 4) is 0 Å². The molecule has 1 amide bonds. The zero-order chi connectivity index (χ0) is 14.3. The second-order valence-corrected chi connectivity index (χ2v) is 5.22. The van der Waals surface area contributed by atoms with Crippen LogP contribution in [0.1, 0.15) is 31.4 Å². The van der Waals surface area contributed by atoms with Crippen molar-refractivity contribution >= 4 is 5.91 Å². The van der Waals surface area contributed by atoms with E-state index in [1.165, 1.54) is 11.1 Å². The highest BCUT2D eigenvalue weighted by Gasteiger charge is 2.08. The molecule has 0 saturated carbocycles. The fraction of sp³-hybridized carbons (Fsp3) is 0.562. The number of hydrogen-bond donors (Lipinski definition) is 1. The molecule has 1 N–H and O–H groups in total. The van der Waals surface area contributed by atoms with Gasteiger partial charge in [-0.2, -0.15) is 0 Å². The first-order valence-corrected chi connectivity index (χ1v) is 7.05. The lowest BCUT2D eigenvalue weighted by Gasteiger charge is -2.18. The van der Waals surface area contributed by atoms with Crippen LogP contribution in [0, 0.1) is 6.92 Å². The second-order valence-electron chi connectivity index (χ2n) is 5.22. The zero-order valence-electron chi connectivity index (χ0n) is 12.6. The van der Waals surface area contributed by atoms with Gasteiger partial charge in [0.2, 0.25) is 5.91 Å². The highest BCUT2D eigenvalue weighted by atomic mass is 16.2. The van der Waals surface area contributed by atoms with Crippen LogP contribution in [0.4, 0.5) is 0 Å². The van der Waals surface area contributed by atoms with E-state index in [4.69, 9.17) is 0 Å². The molecule has 0 aliphatic rings. The number of likely N-dealkylation sites (N-methyl/N-ethyl adjacent to an activating group) is 1. The summed E-state index contributed by atoms with van der Waals surface area (Å²) in [6.45, 7) is 7.43. The van der Waals surface area contributed by atoms with Gasteiger partial charge >= 0.3 is 0 Å². The minimum absolute atomic E-state index is 0.157. The lowest BCUT2D eigenvalue weighted by atomic mass is 10.0. The number of hydrogen-bond acceptors (Lipinski definition) is 2. The van der Waals surface area contributed by atoms with Gasteiger partial charge in [0, 0.05) is 19.6 Å². The van der Waals surface area contributed by atoms with Crippen LogP contribution in [0.3, 0.4) is 0 Å². The van der Waals surface area contributed by atoms with E-state index in [-0.39, 0.29) is 5.91 Å². The fourth-order valence-corrected chi connectivity index (χ4v) is 1.93. The van der Waals surface area contributed by atoms with E-state index >= 15 is 0 Å². The molecule has 0 spiro atoms. The average Bonchev–Trinajstić information content (AvgIpc) is 2.41. The van der Waals surface area contributed by atoms with Gasteiger partial charge in [0.1, 0.15) is 0 Å². The highest BCUT2D eigenvalue weighted by molar-refractivity contribution is 5.77. The molecule has 1 atom stereocenters. The Morgan fingerprint density at radius 1 is 1.42 bits per heavy atom. The zero-order valence-corrected chi connectivity index (χ0v) is 12.6. The Kier molecular flexibility index (Phi) is 6.57. The molecule has 0 saturated heterocycles. The van der Waals surface area contributed by atoms with Crippen LogP contribution in [0.15, 0.2) is 24.3 Å². The van der Waals surface area contributed by atoms with Gasteiger partial charge in [-0.1, -0.05) is 29.8 Å². The van der Waals surface area contributed by atoms with Crippen LogP contribution >= 0.6 is 0 Å². The average molecular weight is 262 g/mol. The molecule has 0 bridgehead atoms. The topological polar surface area (TPSA) is 32.3 Å². The monoisotopic (exact) mass is 262 g/mol. The van der Waals surface area contributed by atoms with Crippen LogP contribution in [0.5, 0.6) is 0 Å². The second kappa shape index (κ2) is 7.95. The number of nitrogens with zero attached hydrogens (tertiary/aromatic N) is 1. The van der Waals surface area contributed by atoms with Crippen LogP contribution in [-0.2, 0) is 11.2 Å². The molecule has 1 aromatic rings. The minimum atomic E-state index is 0.157. The standard InChI is InChI=1S/C16H26N2O/c1-5-18(4)16(19)12-17-14(3)9-10-15-8-6-7-13(2)11-15/h6-8,11,14,17H,5,9-10,12H2,1-4H3. The molecule has 19 heavy (non-hydrogen) atoms. The molecule has 1 unspecified atom stereocenters. The molecule has 0 fully saturated rings. The highest BCUT2D eigenvalue weighted by Crippen LogP contribution is 2.08. The summed E-state index contributed by atoms with van der Waals surface area (Å²) in [4.78, 5) is 13.4. The van der Waals surface area contributed by atoms with Crippen molar-refractivity contribution in [3.63, 3.8) is 0 Å². The molecule has 0 aliphatic carbocycles. The van der Waals surface area contributed by atoms with Crippen molar-refractivity contribution in [2.45, 2.75) is 39.7 Å². The van der Waals surface area contributed by atoms with Crippen molar-refractivity contribution in [1.82, 2.24) is 10.2 Å². The summed E-state index contributed by atoms with van der Waals surface area (Å²) in [5.41, 5.74) is 2.67. The Morgan fingerprint density at radius 3 is 2.79 bits per heavy atom. The molecule has 0 aromatic heterocycles. The maximum atomic E-state index is 11.7. The summed E-state index contributed by atoms with van der Waals surface area (Å²) < 4.78 is 0. The van der Waals surface area contributed by atoms with Gasteiger partial charge in [-0.3, -0.25) is 4.79 Å². The predicted octanol–water partition coefficient (Wildman–Crippen LogP) is 2.38. The fourth-order valence-electron chi connectivity index (χ4n) is 1.93. The van der Waals surface area contributed by atoms with Crippen molar-refractivity contribution in [3.05, 3.63) is 35.4 Å². The van der Waals surface area contributed by atoms with Crippen molar-refractivity contribution < 1.29 is 4.79 Å². The van der Waals surface area contributed by atoms with E-state index in [9.17, 15) is 4.79 Å². The van der Waals surface area contributed by atoms with Gasteiger partial charge < -0.3 is 10.2 Å². The lowest BCUT2D eigenvalue weighted by Crippen LogP contribution is -2.39. The van der Waals surface area contributed by atoms with Gasteiger partial charge in [-0.25, -0.2) is 0 Å². The molecule has 0 aliphatic heterocycles. The first-order chi connectivity index (χ1) is 9.02. The van der Waals surface area contributed by atoms with E-state index in [1.54, 1.807) is 4.90 Å². The maximum absolute atomic E-state index is 11.7. The molecule has 3 nitrogen and oxygen atoms in total. The summed E-state index contributed by atoms with van der Waals surface area (Å²) in [5.74, 6) is 0.157. The Bertz CT molecular complexity index is 403. The van der Waals surface area contributed by atoms with Gasteiger partial charge in [-0.05, 0) is 39.2 Å². The minimum Gasteiger partial charge on any atom is -0.345 e. The predicted molar refractivity (Wildman–Crippen MR) is 80.3 cm³/mol. The SMILES string of the molecule is CCN(C)C(=O)CNC(C)CCc1cccc(C)c1. The van der Waals surface area contributed by atoms with Gasteiger partial charge in [0.25, 0.3) is 0 Å². The van der Waals surface area contributed by atoms with Crippen LogP contribution in [0.2, 0.25) is 0 Å². The van der Waals surface area contributed by atoms with E-state index in [1.807, 2.05) is 14.0 Å². The Morgan fingerprint density at radius 2 is 2.16 bits per heavy atom. The van der Waals surface area contributed by atoms with Crippen molar-refractivity contribution in [1.29, 1.82) is 0 Å². The summed E-state index contributed by atoms with van der Waals surface area (Å²) in [6, 6.07) is 8.96. The number of benzene rings is 1. The largest absolute Gasteiger partial charge is 0.345 e. The number of amides is 1. The van der Waals surface area contributed by atoms with Gasteiger partial charge in [0.05, 0.1) is 6.54 Å². The first-order valence-electron chi connectivity index (χ1n) is 7.05. The number of carbonyl (C=O) groups excluding carboxylic acids is 1. The summed E-state index contributed by atoms with van der Waals surface area (Å²) >= 11 is 0. The van der Waals surface area contributed by atoms with E-state index in [0.717, 1.165) is 19.4 Å². The molecule has 0 heterocycles. The maximum Gasteiger partial charge on any atom is 0.236 e. The normalized spacial score (nSPS) is 12.2. The van der Waals surface area contributed by atoms with E-state index < -0.39 is 0 Å².